The number of carbonyl (C=O) groups excluding carboxylic acids is 1. The predicted molar refractivity (Wildman–Crippen MR) is 87.3 cm³/mol. The van der Waals surface area contributed by atoms with Gasteiger partial charge in [-0.15, -0.1) is 0 Å². The summed E-state index contributed by atoms with van der Waals surface area (Å²) in [6, 6.07) is 15.7. The molecule has 2 rings (SSSR count). The van der Waals surface area contributed by atoms with Gasteiger partial charge in [0.2, 0.25) is 5.91 Å². The third-order valence-corrected chi connectivity index (χ3v) is 3.68. The van der Waals surface area contributed by atoms with Crippen molar-refractivity contribution in [3.05, 3.63) is 66.0 Å². The zero-order chi connectivity index (χ0) is 15.2. The van der Waals surface area contributed by atoms with Gasteiger partial charge < -0.3 is 4.90 Å². The number of amides is 1. The van der Waals surface area contributed by atoms with Gasteiger partial charge in [-0.2, -0.15) is 12.6 Å². The summed E-state index contributed by atoms with van der Waals surface area (Å²) in [5, 5.41) is -0.419. The van der Waals surface area contributed by atoms with E-state index in [0.717, 1.165) is 5.56 Å². The van der Waals surface area contributed by atoms with Crippen molar-refractivity contribution in [1.29, 1.82) is 0 Å². The van der Waals surface area contributed by atoms with Gasteiger partial charge >= 0.3 is 0 Å². The van der Waals surface area contributed by atoms with Crippen molar-refractivity contribution >= 4 is 24.2 Å². The molecule has 21 heavy (non-hydrogen) atoms. The van der Waals surface area contributed by atoms with E-state index in [2.05, 4.69) is 12.6 Å². The van der Waals surface area contributed by atoms with Crippen LogP contribution < -0.4 is 4.90 Å². The summed E-state index contributed by atoms with van der Waals surface area (Å²) in [6.45, 7) is 2.42. The van der Waals surface area contributed by atoms with Crippen molar-refractivity contribution in [3.63, 3.8) is 0 Å². The summed E-state index contributed by atoms with van der Waals surface area (Å²) in [7, 11) is 0. The lowest BCUT2D eigenvalue weighted by Crippen LogP contribution is -2.37. The summed E-state index contributed by atoms with van der Waals surface area (Å²) in [6.07, 6.45) is 0.570. The Kier molecular flexibility index (Phi) is 5.39. The number of benzene rings is 2. The lowest BCUT2D eigenvalue weighted by molar-refractivity contribution is -0.118. The molecule has 0 spiro atoms. The SMILES string of the molecule is CCN(C(=O)C(S)Cc1ccccc1)c1ccc(F)cc1. The van der Waals surface area contributed by atoms with E-state index in [9.17, 15) is 9.18 Å². The second kappa shape index (κ2) is 7.27. The third-order valence-electron chi connectivity index (χ3n) is 3.28. The predicted octanol–water partition coefficient (Wildman–Crippen LogP) is 3.72. The standard InChI is InChI=1S/C17H18FNOS/c1-2-19(15-10-8-14(18)9-11-15)17(20)16(21)12-13-6-4-3-5-7-13/h3-11,16,21H,2,12H2,1H3. The highest BCUT2D eigenvalue weighted by atomic mass is 32.1. The molecule has 1 atom stereocenters. The quantitative estimate of drug-likeness (QED) is 0.835. The monoisotopic (exact) mass is 303 g/mol. The summed E-state index contributed by atoms with van der Waals surface area (Å²) in [5.74, 6) is -0.384. The van der Waals surface area contributed by atoms with E-state index in [0.29, 0.717) is 18.7 Å². The van der Waals surface area contributed by atoms with Crippen molar-refractivity contribution in [2.75, 3.05) is 11.4 Å². The second-order valence-electron chi connectivity index (χ2n) is 4.76. The molecule has 0 saturated carbocycles. The number of thiol groups is 1. The Labute approximate surface area is 130 Å². The number of hydrogen-bond donors (Lipinski definition) is 1. The fourth-order valence-corrected chi connectivity index (χ4v) is 2.54. The number of halogens is 1. The van der Waals surface area contributed by atoms with E-state index in [1.54, 1.807) is 17.0 Å². The molecule has 0 aliphatic carbocycles. The Morgan fingerprint density at radius 3 is 2.33 bits per heavy atom. The molecule has 0 heterocycles. The Balaban J connectivity index is 2.10. The van der Waals surface area contributed by atoms with E-state index < -0.39 is 5.25 Å². The molecule has 0 aliphatic heterocycles. The Morgan fingerprint density at radius 1 is 1.14 bits per heavy atom. The lowest BCUT2D eigenvalue weighted by atomic mass is 10.1. The van der Waals surface area contributed by atoms with Crippen molar-refractivity contribution in [1.82, 2.24) is 0 Å². The van der Waals surface area contributed by atoms with Gasteiger partial charge in [-0.05, 0) is 43.2 Å². The van der Waals surface area contributed by atoms with E-state index in [1.165, 1.54) is 12.1 Å². The molecule has 0 fully saturated rings. The molecular weight excluding hydrogens is 285 g/mol. The summed E-state index contributed by atoms with van der Waals surface area (Å²) < 4.78 is 13.0. The normalized spacial score (nSPS) is 12.0. The lowest BCUT2D eigenvalue weighted by Gasteiger charge is -2.24. The first-order valence-corrected chi connectivity index (χ1v) is 7.42. The number of carbonyl (C=O) groups is 1. The third kappa shape index (κ3) is 4.08. The molecule has 0 radical (unpaired) electrons. The number of rotatable bonds is 5. The van der Waals surface area contributed by atoms with Crippen molar-refractivity contribution in [3.8, 4) is 0 Å². The number of hydrogen-bond acceptors (Lipinski definition) is 2. The van der Waals surface area contributed by atoms with Crippen LogP contribution in [0.15, 0.2) is 54.6 Å². The molecule has 2 aromatic carbocycles. The minimum atomic E-state index is -0.419. The van der Waals surface area contributed by atoms with Crippen LogP contribution >= 0.6 is 12.6 Å². The minimum Gasteiger partial charge on any atom is -0.312 e. The topological polar surface area (TPSA) is 20.3 Å². The van der Waals surface area contributed by atoms with Gasteiger partial charge in [-0.25, -0.2) is 4.39 Å². The first kappa shape index (κ1) is 15.6. The average Bonchev–Trinajstić information content (AvgIpc) is 2.50. The number of nitrogens with zero attached hydrogens (tertiary/aromatic N) is 1. The number of anilines is 1. The largest absolute Gasteiger partial charge is 0.312 e. The molecular formula is C17H18FNOS. The second-order valence-corrected chi connectivity index (χ2v) is 5.39. The van der Waals surface area contributed by atoms with Crippen LogP contribution in [0.25, 0.3) is 0 Å². The fraction of sp³-hybridized carbons (Fsp3) is 0.235. The molecule has 0 saturated heterocycles. The Hall–Kier alpha value is -1.81. The van der Waals surface area contributed by atoms with Crippen LogP contribution in [0, 0.1) is 5.82 Å². The average molecular weight is 303 g/mol. The van der Waals surface area contributed by atoms with Crippen LogP contribution in [0.3, 0.4) is 0 Å². The van der Waals surface area contributed by atoms with Gasteiger partial charge in [0.25, 0.3) is 0 Å². The molecule has 0 aliphatic rings. The van der Waals surface area contributed by atoms with Gasteiger partial charge in [0.05, 0.1) is 5.25 Å². The highest BCUT2D eigenvalue weighted by molar-refractivity contribution is 7.81. The Bertz CT molecular complexity index is 585. The summed E-state index contributed by atoms with van der Waals surface area (Å²) in [4.78, 5) is 14.1. The van der Waals surface area contributed by atoms with Gasteiger partial charge in [0.1, 0.15) is 5.82 Å². The highest BCUT2D eigenvalue weighted by Crippen LogP contribution is 2.18. The van der Waals surface area contributed by atoms with E-state index in [-0.39, 0.29) is 11.7 Å². The molecule has 0 N–H and O–H groups in total. The molecule has 1 unspecified atom stereocenters. The van der Waals surface area contributed by atoms with Crippen molar-refractivity contribution < 1.29 is 9.18 Å². The Morgan fingerprint density at radius 2 is 1.76 bits per heavy atom. The van der Waals surface area contributed by atoms with Crippen molar-refractivity contribution in [2.24, 2.45) is 0 Å². The fourth-order valence-electron chi connectivity index (χ4n) is 2.19. The maximum atomic E-state index is 13.0. The van der Waals surface area contributed by atoms with Gasteiger partial charge in [0, 0.05) is 12.2 Å². The first-order chi connectivity index (χ1) is 10.1. The van der Waals surface area contributed by atoms with Gasteiger partial charge in [-0.3, -0.25) is 4.79 Å². The van der Waals surface area contributed by atoms with Crippen LogP contribution in [0.5, 0.6) is 0 Å². The van der Waals surface area contributed by atoms with Crippen LogP contribution in [0.2, 0.25) is 0 Å². The van der Waals surface area contributed by atoms with Crippen LogP contribution in [0.4, 0.5) is 10.1 Å². The molecule has 2 nitrogen and oxygen atoms in total. The zero-order valence-corrected chi connectivity index (χ0v) is 12.8. The van der Waals surface area contributed by atoms with Crippen LogP contribution in [-0.4, -0.2) is 17.7 Å². The molecule has 4 heteroatoms. The van der Waals surface area contributed by atoms with E-state index >= 15 is 0 Å². The van der Waals surface area contributed by atoms with E-state index in [1.807, 2.05) is 37.3 Å². The van der Waals surface area contributed by atoms with Gasteiger partial charge in [-0.1, -0.05) is 30.3 Å². The molecule has 2 aromatic rings. The summed E-state index contributed by atoms with van der Waals surface area (Å²) in [5.41, 5.74) is 1.76. The summed E-state index contributed by atoms with van der Waals surface area (Å²) >= 11 is 4.43. The smallest absolute Gasteiger partial charge is 0.240 e. The maximum absolute atomic E-state index is 13.0. The van der Waals surface area contributed by atoms with Crippen LogP contribution in [0.1, 0.15) is 12.5 Å². The minimum absolute atomic E-state index is 0.0729. The molecule has 1 amide bonds. The zero-order valence-electron chi connectivity index (χ0n) is 11.9. The highest BCUT2D eigenvalue weighted by Gasteiger charge is 2.21. The maximum Gasteiger partial charge on any atom is 0.240 e. The van der Waals surface area contributed by atoms with E-state index in [4.69, 9.17) is 0 Å². The molecule has 0 aromatic heterocycles. The molecule has 110 valence electrons. The van der Waals surface area contributed by atoms with Crippen molar-refractivity contribution in [2.45, 2.75) is 18.6 Å². The molecule has 0 bridgehead atoms. The first-order valence-electron chi connectivity index (χ1n) is 6.90. The van der Waals surface area contributed by atoms with Crippen LogP contribution in [-0.2, 0) is 11.2 Å². The van der Waals surface area contributed by atoms with Gasteiger partial charge in [0.15, 0.2) is 0 Å².